The fraction of sp³-hybridized carbons (Fsp3) is 0.0952. The number of rotatable bonds is 4. The van der Waals surface area contributed by atoms with Crippen molar-refractivity contribution in [1.82, 2.24) is 0 Å². The lowest BCUT2D eigenvalue weighted by Gasteiger charge is -2.16. The van der Waals surface area contributed by atoms with E-state index in [0.717, 1.165) is 0 Å². The molecule has 0 aliphatic rings. The van der Waals surface area contributed by atoms with Gasteiger partial charge in [-0.3, -0.25) is 4.79 Å². The van der Waals surface area contributed by atoms with Gasteiger partial charge in [0.15, 0.2) is 23.3 Å². The maximum Gasteiger partial charge on any atom is 0.422 e. The van der Waals surface area contributed by atoms with Crippen molar-refractivity contribution in [2.75, 3.05) is 12.4 Å². The zero-order valence-electron chi connectivity index (χ0n) is 15.6. The van der Waals surface area contributed by atoms with Crippen molar-refractivity contribution < 1.29 is 40.3 Å². The monoisotopic (exact) mass is 443 g/mol. The highest BCUT2D eigenvalue weighted by Crippen LogP contribution is 2.39. The summed E-state index contributed by atoms with van der Waals surface area (Å²) in [6, 6.07) is 12.2. The number of benzene rings is 3. The average molecular weight is 443 g/mol. The molecule has 0 aliphatic heterocycles. The Kier molecular flexibility index (Phi) is 5.92. The molecule has 0 saturated heterocycles. The Hall–Kier alpha value is -3.56. The number of ether oxygens (including phenoxy) is 1. The summed E-state index contributed by atoms with van der Waals surface area (Å²) in [5.74, 6) is -11.0. The highest BCUT2D eigenvalue weighted by atomic mass is 19.4. The summed E-state index contributed by atoms with van der Waals surface area (Å²) in [5, 5.41) is 1.63. The van der Waals surface area contributed by atoms with E-state index < -0.39 is 46.6 Å². The SMILES string of the molecule is COc1ccc(C(=O)Nc2c(F)c(F)c(C(F)(F)F)c(F)c2F)c(-c2ccccc2)c1. The number of halogens is 7. The molecule has 0 atom stereocenters. The Morgan fingerprint density at radius 3 is 1.97 bits per heavy atom. The van der Waals surface area contributed by atoms with Crippen LogP contribution in [0.15, 0.2) is 48.5 Å². The molecule has 0 spiro atoms. The first-order valence-corrected chi connectivity index (χ1v) is 8.54. The minimum Gasteiger partial charge on any atom is -0.497 e. The Morgan fingerprint density at radius 2 is 1.45 bits per heavy atom. The van der Waals surface area contributed by atoms with Crippen molar-refractivity contribution in [2.24, 2.45) is 0 Å². The van der Waals surface area contributed by atoms with Gasteiger partial charge >= 0.3 is 6.18 Å². The highest BCUT2D eigenvalue weighted by molar-refractivity contribution is 6.09. The number of carbonyl (C=O) groups is 1. The third-order valence-electron chi connectivity index (χ3n) is 4.34. The lowest BCUT2D eigenvalue weighted by molar-refractivity contribution is -0.143. The van der Waals surface area contributed by atoms with Crippen molar-refractivity contribution in [3.05, 3.63) is 82.9 Å². The van der Waals surface area contributed by atoms with Gasteiger partial charge < -0.3 is 10.1 Å². The van der Waals surface area contributed by atoms with Crippen LogP contribution in [-0.4, -0.2) is 13.0 Å². The number of hydrogen-bond donors (Lipinski definition) is 1. The number of hydrogen-bond acceptors (Lipinski definition) is 2. The standard InChI is InChI=1S/C21H12F7NO2/c1-31-11-7-8-12(13(9-11)10-5-3-2-4-6-10)20(30)29-19-17(24)15(22)14(21(26,27)28)16(23)18(19)25/h2-9H,1H3,(H,29,30). The van der Waals surface area contributed by atoms with Crippen molar-refractivity contribution in [2.45, 2.75) is 6.18 Å². The molecule has 3 nitrogen and oxygen atoms in total. The second kappa shape index (κ2) is 8.29. The van der Waals surface area contributed by atoms with E-state index >= 15 is 0 Å². The van der Waals surface area contributed by atoms with Crippen molar-refractivity contribution >= 4 is 11.6 Å². The van der Waals surface area contributed by atoms with Gasteiger partial charge in [-0.05, 0) is 29.3 Å². The summed E-state index contributed by atoms with van der Waals surface area (Å²) in [4.78, 5) is 12.7. The van der Waals surface area contributed by atoms with E-state index in [4.69, 9.17) is 4.74 Å². The second-order valence-corrected chi connectivity index (χ2v) is 6.24. The fourth-order valence-corrected chi connectivity index (χ4v) is 2.88. The predicted molar refractivity (Wildman–Crippen MR) is 97.7 cm³/mol. The van der Waals surface area contributed by atoms with Crippen LogP contribution >= 0.6 is 0 Å². The maximum atomic E-state index is 14.1. The molecule has 0 unspecified atom stereocenters. The van der Waals surface area contributed by atoms with Crippen LogP contribution in [0.3, 0.4) is 0 Å². The van der Waals surface area contributed by atoms with Gasteiger partial charge in [0.25, 0.3) is 5.91 Å². The molecule has 0 radical (unpaired) electrons. The average Bonchev–Trinajstić information content (AvgIpc) is 2.74. The first kappa shape index (κ1) is 22.1. The van der Waals surface area contributed by atoms with Crippen LogP contribution < -0.4 is 10.1 Å². The smallest absolute Gasteiger partial charge is 0.422 e. The first-order valence-electron chi connectivity index (χ1n) is 8.54. The molecule has 3 aromatic carbocycles. The number of amides is 1. The van der Waals surface area contributed by atoms with Crippen LogP contribution in [0.25, 0.3) is 11.1 Å². The molecule has 3 aromatic rings. The third-order valence-corrected chi connectivity index (χ3v) is 4.34. The van der Waals surface area contributed by atoms with Crippen molar-refractivity contribution in [1.29, 1.82) is 0 Å². The van der Waals surface area contributed by atoms with Gasteiger partial charge in [-0.15, -0.1) is 0 Å². The molecular weight excluding hydrogens is 431 g/mol. The van der Waals surface area contributed by atoms with Crippen LogP contribution in [0, 0.1) is 23.3 Å². The molecule has 10 heteroatoms. The Balaban J connectivity index is 2.09. The van der Waals surface area contributed by atoms with Crippen LogP contribution in [0.1, 0.15) is 15.9 Å². The van der Waals surface area contributed by atoms with E-state index in [1.54, 1.807) is 35.6 Å². The van der Waals surface area contributed by atoms with Gasteiger partial charge in [-0.1, -0.05) is 30.3 Å². The summed E-state index contributed by atoms with van der Waals surface area (Å²) in [5.41, 5.74) is -3.84. The second-order valence-electron chi connectivity index (χ2n) is 6.24. The fourth-order valence-electron chi connectivity index (χ4n) is 2.88. The summed E-state index contributed by atoms with van der Waals surface area (Å²) >= 11 is 0. The molecule has 1 N–H and O–H groups in total. The summed E-state index contributed by atoms with van der Waals surface area (Å²) in [6.45, 7) is 0. The largest absolute Gasteiger partial charge is 0.497 e. The summed E-state index contributed by atoms with van der Waals surface area (Å²) < 4.78 is 99.2. The van der Waals surface area contributed by atoms with Gasteiger partial charge in [0.2, 0.25) is 0 Å². The zero-order valence-corrected chi connectivity index (χ0v) is 15.6. The highest BCUT2D eigenvalue weighted by Gasteiger charge is 2.42. The van der Waals surface area contributed by atoms with Crippen LogP contribution in [-0.2, 0) is 6.18 Å². The molecule has 0 aliphatic carbocycles. The van der Waals surface area contributed by atoms with Crippen LogP contribution in [0.5, 0.6) is 5.75 Å². The zero-order chi connectivity index (χ0) is 22.9. The quantitative estimate of drug-likeness (QED) is 0.386. The molecule has 0 heterocycles. The molecule has 162 valence electrons. The minimum absolute atomic E-state index is 0.175. The Morgan fingerprint density at radius 1 is 0.871 bits per heavy atom. The molecule has 0 bridgehead atoms. The maximum absolute atomic E-state index is 14.1. The topological polar surface area (TPSA) is 38.3 Å². The van der Waals surface area contributed by atoms with Gasteiger partial charge in [-0.2, -0.15) is 13.2 Å². The third kappa shape index (κ3) is 4.18. The van der Waals surface area contributed by atoms with E-state index in [0.29, 0.717) is 11.3 Å². The normalized spacial score (nSPS) is 11.4. The van der Waals surface area contributed by atoms with Gasteiger partial charge in [0.05, 0.1) is 7.11 Å². The Labute approximate surface area is 171 Å². The van der Waals surface area contributed by atoms with E-state index in [1.807, 2.05) is 0 Å². The molecule has 3 rings (SSSR count). The number of nitrogens with one attached hydrogen (secondary N) is 1. The summed E-state index contributed by atoms with van der Waals surface area (Å²) in [7, 11) is 1.36. The van der Waals surface area contributed by atoms with Gasteiger partial charge in [0.1, 0.15) is 17.0 Å². The molecule has 0 saturated carbocycles. The molecule has 0 aromatic heterocycles. The summed E-state index contributed by atoms with van der Waals surface area (Å²) in [6.07, 6.45) is -5.69. The molecular formula is C21H12F7NO2. The molecule has 1 amide bonds. The lowest BCUT2D eigenvalue weighted by atomic mass is 9.98. The van der Waals surface area contributed by atoms with Crippen molar-refractivity contribution in [3.63, 3.8) is 0 Å². The van der Waals surface area contributed by atoms with Crippen LogP contribution in [0.2, 0.25) is 0 Å². The van der Waals surface area contributed by atoms with E-state index in [1.165, 1.54) is 25.3 Å². The number of carbonyl (C=O) groups excluding carboxylic acids is 1. The lowest BCUT2D eigenvalue weighted by Crippen LogP contribution is -2.20. The van der Waals surface area contributed by atoms with Gasteiger partial charge in [0, 0.05) is 5.56 Å². The van der Waals surface area contributed by atoms with E-state index in [9.17, 15) is 35.5 Å². The van der Waals surface area contributed by atoms with E-state index in [-0.39, 0.29) is 11.1 Å². The van der Waals surface area contributed by atoms with Crippen molar-refractivity contribution in [3.8, 4) is 16.9 Å². The van der Waals surface area contributed by atoms with Gasteiger partial charge in [-0.25, -0.2) is 17.6 Å². The van der Waals surface area contributed by atoms with E-state index in [2.05, 4.69) is 0 Å². The molecule has 31 heavy (non-hydrogen) atoms. The molecule has 0 fully saturated rings. The Bertz CT molecular complexity index is 1120. The predicted octanol–water partition coefficient (Wildman–Crippen LogP) is 6.19. The number of anilines is 1. The first-order chi connectivity index (χ1) is 14.6. The number of methoxy groups -OCH3 is 1. The minimum atomic E-state index is -5.69. The number of alkyl halides is 3. The van der Waals surface area contributed by atoms with Crippen LogP contribution in [0.4, 0.5) is 36.4 Å².